The third kappa shape index (κ3) is 3.58. The van der Waals surface area contributed by atoms with Gasteiger partial charge in [0.1, 0.15) is 5.54 Å². The van der Waals surface area contributed by atoms with Gasteiger partial charge in [0.25, 0.3) is 0 Å². The molecule has 4 nitrogen and oxygen atoms in total. The lowest BCUT2D eigenvalue weighted by molar-refractivity contribution is -0.133. The van der Waals surface area contributed by atoms with E-state index in [1.54, 1.807) is 6.20 Å². The molecule has 1 aliphatic carbocycles. The number of nitrogens with one attached hydrogen (secondary N) is 1. The van der Waals surface area contributed by atoms with Gasteiger partial charge in [-0.2, -0.15) is 0 Å². The molecule has 4 heteroatoms. The number of amides is 1. The van der Waals surface area contributed by atoms with Crippen LogP contribution in [0.25, 0.3) is 0 Å². The number of rotatable bonds is 5. The van der Waals surface area contributed by atoms with Crippen molar-refractivity contribution in [1.29, 1.82) is 0 Å². The van der Waals surface area contributed by atoms with Crippen molar-refractivity contribution < 1.29 is 4.79 Å². The molecule has 2 aliphatic rings. The molecule has 1 aromatic carbocycles. The summed E-state index contributed by atoms with van der Waals surface area (Å²) in [5, 5.41) is 3.45. The van der Waals surface area contributed by atoms with Gasteiger partial charge in [-0.3, -0.25) is 14.7 Å². The zero-order valence-electron chi connectivity index (χ0n) is 17.1. The Morgan fingerprint density at radius 3 is 2.50 bits per heavy atom. The van der Waals surface area contributed by atoms with Crippen LogP contribution in [0.15, 0.2) is 42.7 Å². The molecule has 2 aromatic rings. The number of carbonyl (C=O) groups is 1. The third-order valence-corrected chi connectivity index (χ3v) is 6.59. The van der Waals surface area contributed by atoms with Crippen LogP contribution in [0.2, 0.25) is 0 Å². The summed E-state index contributed by atoms with van der Waals surface area (Å²) in [4.78, 5) is 20.5. The van der Waals surface area contributed by atoms with E-state index in [2.05, 4.69) is 53.3 Å². The third-order valence-electron chi connectivity index (χ3n) is 6.59. The lowest BCUT2D eigenvalue weighted by Crippen LogP contribution is -2.57. The molecule has 1 aliphatic heterocycles. The molecule has 1 amide bonds. The second-order valence-corrected chi connectivity index (χ2v) is 8.49. The van der Waals surface area contributed by atoms with Crippen molar-refractivity contribution in [1.82, 2.24) is 15.2 Å². The summed E-state index contributed by atoms with van der Waals surface area (Å²) in [5.41, 5.74) is 4.31. The van der Waals surface area contributed by atoms with Gasteiger partial charge in [-0.25, -0.2) is 0 Å². The van der Waals surface area contributed by atoms with Gasteiger partial charge in [-0.1, -0.05) is 42.7 Å². The lowest BCUT2D eigenvalue weighted by Gasteiger charge is -2.38. The van der Waals surface area contributed by atoms with Crippen LogP contribution in [0.5, 0.6) is 0 Å². The standard InChI is InChI=1S/C24H31N3O/c1-18-9-10-21(19(2)16-18)22(20-8-7-13-25-17-20)26-23(28)24(11-3-4-12-24)27-14-5-6-15-27/h7-10,13,16-17,22H,3-6,11-12,14-15H2,1-2H3,(H,26,28). The number of nitrogens with zero attached hydrogens (tertiary/aromatic N) is 2. The van der Waals surface area contributed by atoms with Crippen molar-refractivity contribution in [3.63, 3.8) is 0 Å². The van der Waals surface area contributed by atoms with Gasteiger partial charge in [-0.05, 0) is 75.4 Å². The minimum Gasteiger partial charge on any atom is -0.344 e. The first-order valence-electron chi connectivity index (χ1n) is 10.6. The number of pyridine rings is 1. The first kappa shape index (κ1) is 19.1. The van der Waals surface area contributed by atoms with Crippen LogP contribution in [-0.4, -0.2) is 34.4 Å². The average Bonchev–Trinajstić information content (AvgIpc) is 3.39. The van der Waals surface area contributed by atoms with Crippen LogP contribution in [0.1, 0.15) is 66.8 Å². The largest absolute Gasteiger partial charge is 0.344 e. The van der Waals surface area contributed by atoms with Crippen LogP contribution in [0.3, 0.4) is 0 Å². The molecule has 1 aromatic heterocycles. The van der Waals surface area contributed by atoms with E-state index in [1.165, 1.54) is 24.0 Å². The minimum atomic E-state index is -0.324. The Bertz CT molecular complexity index is 821. The van der Waals surface area contributed by atoms with E-state index in [0.29, 0.717) is 0 Å². The molecule has 0 spiro atoms. The molecule has 1 unspecified atom stereocenters. The quantitative estimate of drug-likeness (QED) is 0.844. The fraction of sp³-hybridized carbons (Fsp3) is 0.500. The maximum Gasteiger partial charge on any atom is 0.241 e. The molecule has 4 rings (SSSR count). The molecule has 1 atom stereocenters. The van der Waals surface area contributed by atoms with Crippen LogP contribution < -0.4 is 5.32 Å². The van der Waals surface area contributed by atoms with E-state index in [-0.39, 0.29) is 17.5 Å². The SMILES string of the molecule is Cc1ccc(C(NC(=O)C2(N3CCCC3)CCCC2)c2cccnc2)c(C)c1. The van der Waals surface area contributed by atoms with Gasteiger partial charge in [0.05, 0.1) is 6.04 Å². The Balaban J connectivity index is 1.68. The monoisotopic (exact) mass is 377 g/mol. The van der Waals surface area contributed by atoms with Crippen molar-refractivity contribution in [3.8, 4) is 0 Å². The van der Waals surface area contributed by atoms with Gasteiger partial charge < -0.3 is 5.32 Å². The number of aromatic nitrogens is 1. The smallest absolute Gasteiger partial charge is 0.241 e. The predicted octanol–water partition coefficient (Wildman–Crippen LogP) is 4.31. The second kappa shape index (κ2) is 8.04. The summed E-state index contributed by atoms with van der Waals surface area (Å²) in [5.74, 6) is 0.195. The summed E-state index contributed by atoms with van der Waals surface area (Å²) < 4.78 is 0. The molecule has 148 valence electrons. The minimum absolute atomic E-state index is 0.165. The van der Waals surface area contributed by atoms with Crippen molar-refractivity contribution in [3.05, 3.63) is 65.0 Å². The van der Waals surface area contributed by atoms with Gasteiger partial charge >= 0.3 is 0 Å². The summed E-state index contributed by atoms with van der Waals surface area (Å²) in [6, 6.07) is 10.3. The number of aryl methyl sites for hydroxylation is 2. The molecular formula is C24H31N3O. The number of benzene rings is 1. The number of hydrogen-bond donors (Lipinski definition) is 1. The van der Waals surface area contributed by atoms with Crippen LogP contribution >= 0.6 is 0 Å². The summed E-state index contributed by atoms with van der Waals surface area (Å²) >= 11 is 0. The van der Waals surface area contributed by atoms with Crippen molar-refractivity contribution in [2.24, 2.45) is 0 Å². The topological polar surface area (TPSA) is 45.2 Å². The van der Waals surface area contributed by atoms with E-state index < -0.39 is 0 Å². The Kier molecular flexibility index (Phi) is 5.49. The highest BCUT2D eigenvalue weighted by Crippen LogP contribution is 2.38. The van der Waals surface area contributed by atoms with E-state index in [0.717, 1.165) is 49.9 Å². The van der Waals surface area contributed by atoms with Gasteiger partial charge in [-0.15, -0.1) is 0 Å². The Labute approximate surface area is 168 Å². The maximum atomic E-state index is 13.7. The van der Waals surface area contributed by atoms with Gasteiger partial charge in [0.15, 0.2) is 0 Å². The van der Waals surface area contributed by atoms with Crippen molar-refractivity contribution >= 4 is 5.91 Å². The van der Waals surface area contributed by atoms with E-state index in [1.807, 2.05) is 12.3 Å². The highest BCUT2D eigenvalue weighted by atomic mass is 16.2. The first-order chi connectivity index (χ1) is 13.6. The van der Waals surface area contributed by atoms with E-state index >= 15 is 0 Å². The lowest BCUT2D eigenvalue weighted by atomic mass is 9.90. The highest BCUT2D eigenvalue weighted by Gasteiger charge is 2.47. The Hall–Kier alpha value is -2.20. The van der Waals surface area contributed by atoms with Crippen LogP contribution in [-0.2, 0) is 4.79 Å². The maximum absolute atomic E-state index is 13.7. The number of carbonyl (C=O) groups excluding carboxylic acids is 1. The van der Waals surface area contributed by atoms with Crippen LogP contribution in [0, 0.1) is 13.8 Å². The molecule has 2 heterocycles. The fourth-order valence-electron chi connectivity index (χ4n) is 5.09. The Morgan fingerprint density at radius 1 is 1.11 bits per heavy atom. The molecule has 1 N–H and O–H groups in total. The summed E-state index contributed by atoms with van der Waals surface area (Å²) in [6.45, 7) is 6.34. The molecule has 1 saturated carbocycles. The molecule has 28 heavy (non-hydrogen) atoms. The van der Waals surface area contributed by atoms with Gasteiger partial charge in [0, 0.05) is 12.4 Å². The van der Waals surface area contributed by atoms with Crippen molar-refractivity contribution in [2.75, 3.05) is 13.1 Å². The Morgan fingerprint density at radius 2 is 1.86 bits per heavy atom. The number of likely N-dealkylation sites (tertiary alicyclic amines) is 1. The second-order valence-electron chi connectivity index (χ2n) is 8.49. The molecule has 2 fully saturated rings. The van der Waals surface area contributed by atoms with Crippen LogP contribution in [0.4, 0.5) is 0 Å². The van der Waals surface area contributed by atoms with Crippen molar-refractivity contribution in [2.45, 2.75) is 64.0 Å². The number of hydrogen-bond acceptors (Lipinski definition) is 3. The molecule has 1 saturated heterocycles. The fourth-order valence-corrected chi connectivity index (χ4v) is 5.09. The molecule has 0 bridgehead atoms. The normalized spacial score (nSPS) is 20.2. The summed E-state index contributed by atoms with van der Waals surface area (Å²) in [6.07, 6.45) is 10.3. The highest BCUT2D eigenvalue weighted by molar-refractivity contribution is 5.87. The first-order valence-corrected chi connectivity index (χ1v) is 10.6. The van der Waals surface area contributed by atoms with E-state index in [9.17, 15) is 4.79 Å². The average molecular weight is 378 g/mol. The predicted molar refractivity (Wildman–Crippen MR) is 112 cm³/mol. The molecular weight excluding hydrogens is 346 g/mol. The summed E-state index contributed by atoms with van der Waals surface area (Å²) in [7, 11) is 0. The van der Waals surface area contributed by atoms with E-state index in [4.69, 9.17) is 0 Å². The molecule has 0 radical (unpaired) electrons. The zero-order chi connectivity index (χ0) is 19.6. The zero-order valence-corrected chi connectivity index (χ0v) is 17.1. The van der Waals surface area contributed by atoms with Gasteiger partial charge in [0.2, 0.25) is 5.91 Å².